The van der Waals surface area contributed by atoms with Gasteiger partial charge in [0.15, 0.2) is 0 Å². The van der Waals surface area contributed by atoms with Crippen LogP contribution in [0.4, 0.5) is 0 Å². The number of hydrogen-bond acceptors (Lipinski definition) is 4. The summed E-state index contributed by atoms with van der Waals surface area (Å²) in [4.78, 5) is 2.39. The number of nitriles is 1. The number of rotatable bonds is 7. The lowest BCUT2D eigenvalue weighted by atomic mass is 9.99. The van der Waals surface area contributed by atoms with Crippen molar-refractivity contribution in [2.75, 3.05) is 33.3 Å². The van der Waals surface area contributed by atoms with Gasteiger partial charge in [0.05, 0.1) is 12.2 Å². The topological polar surface area (TPSA) is 48.3 Å². The molecule has 0 amide bonds. The molecule has 0 radical (unpaired) electrons. The Labute approximate surface area is 105 Å². The highest BCUT2D eigenvalue weighted by Gasteiger charge is 2.27. The highest BCUT2D eigenvalue weighted by molar-refractivity contribution is 5.04. The average Bonchev–Trinajstić information content (AvgIpc) is 2.82. The summed E-state index contributed by atoms with van der Waals surface area (Å²) < 4.78 is 5.34. The van der Waals surface area contributed by atoms with Crippen LogP contribution < -0.4 is 5.32 Å². The number of nitrogens with one attached hydrogen (secondary N) is 1. The number of hydrogen-bond donors (Lipinski definition) is 1. The molecule has 0 aliphatic carbocycles. The van der Waals surface area contributed by atoms with E-state index in [4.69, 9.17) is 4.74 Å². The molecule has 17 heavy (non-hydrogen) atoms. The van der Waals surface area contributed by atoms with Crippen molar-refractivity contribution in [3.8, 4) is 6.07 Å². The molecule has 0 bridgehead atoms. The molecule has 1 aliphatic rings. The van der Waals surface area contributed by atoms with Gasteiger partial charge in [-0.25, -0.2) is 0 Å². The highest BCUT2D eigenvalue weighted by Crippen LogP contribution is 2.15. The molecular formula is C13H25N3O. The fourth-order valence-corrected chi connectivity index (χ4v) is 2.16. The van der Waals surface area contributed by atoms with E-state index in [1.165, 1.54) is 0 Å². The van der Waals surface area contributed by atoms with Crippen LogP contribution in [0.25, 0.3) is 0 Å². The lowest BCUT2D eigenvalue weighted by molar-refractivity contribution is 0.107. The first-order chi connectivity index (χ1) is 8.13. The Hall–Kier alpha value is -0.630. The van der Waals surface area contributed by atoms with Crippen molar-refractivity contribution in [2.45, 2.75) is 44.8 Å². The van der Waals surface area contributed by atoms with Crippen LogP contribution in [-0.4, -0.2) is 49.8 Å². The Morgan fingerprint density at radius 1 is 1.59 bits per heavy atom. The Balaban J connectivity index is 2.31. The summed E-state index contributed by atoms with van der Waals surface area (Å²) in [5.74, 6) is 0. The quantitative estimate of drug-likeness (QED) is 0.729. The van der Waals surface area contributed by atoms with Crippen molar-refractivity contribution in [1.82, 2.24) is 10.2 Å². The minimum atomic E-state index is -0.388. The summed E-state index contributed by atoms with van der Waals surface area (Å²) in [7, 11) is 1.77. The molecule has 0 aromatic carbocycles. The van der Waals surface area contributed by atoms with Gasteiger partial charge in [-0.05, 0) is 32.7 Å². The molecule has 0 aromatic heterocycles. The second-order valence-corrected chi connectivity index (χ2v) is 5.07. The van der Waals surface area contributed by atoms with E-state index in [0.29, 0.717) is 6.10 Å². The van der Waals surface area contributed by atoms with E-state index in [1.54, 1.807) is 7.11 Å². The van der Waals surface area contributed by atoms with Gasteiger partial charge in [0.2, 0.25) is 0 Å². The molecule has 1 N–H and O–H groups in total. The van der Waals surface area contributed by atoms with E-state index >= 15 is 0 Å². The number of likely N-dealkylation sites (tertiary alicyclic amines) is 1. The SMILES string of the molecule is CCCNC(C)(C#N)CCN1CCC(OC)C1. The molecule has 1 fully saturated rings. The average molecular weight is 239 g/mol. The highest BCUT2D eigenvalue weighted by atomic mass is 16.5. The molecule has 2 unspecified atom stereocenters. The van der Waals surface area contributed by atoms with Crippen molar-refractivity contribution >= 4 is 0 Å². The molecule has 2 atom stereocenters. The van der Waals surface area contributed by atoms with Crippen molar-refractivity contribution in [3.63, 3.8) is 0 Å². The Morgan fingerprint density at radius 3 is 2.88 bits per heavy atom. The maximum atomic E-state index is 9.23. The molecule has 98 valence electrons. The predicted molar refractivity (Wildman–Crippen MR) is 68.8 cm³/mol. The molecule has 1 saturated heterocycles. The van der Waals surface area contributed by atoms with E-state index in [-0.39, 0.29) is 5.54 Å². The largest absolute Gasteiger partial charge is 0.380 e. The minimum absolute atomic E-state index is 0.381. The van der Waals surface area contributed by atoms with Crippen LogP contribution in [0.1, 0.15) is 33.1 Å². The Morgan fingerprint density at radius 2 is 2.35 bits per heavy atom. The predicted octanol–water partition coefficient (Wildman–Crippen LogP) is 1.38. The van der Waals surface area contributed by atoms with Crippen molar-refractivity contribution in [1.29, 1.82) is 5.26 Å². The van der Waals surface area contributed by atoms with Crippen LogP contribution >= 0.6 is 0 Å². The summed E-state index contributed by atoms with van der Waals surface area (Å²) in [6, 6.07) is 2.39. The molecule has 4 nitrogen and oxygen atoms in total. The zero-order valence-corrected chi connectivity index (χ0v) is 11.3. The van der Waals surface area contributed by atoms with E-state index in [2.05, 4.69) is 23.2 Å². The van der Waals surface area contributed by atoms with Crippen LogP contribution in [0.3, 0.4) is 0 Å². The van der Waals surface area contributed by atoms with Gasteiger partial charge in [-0.2, -0.15) is 5.26 Å². The molecule has 0 spiro atoms. The lowest BCUT2D eigenvalue weighted by Crippen LogP contribution is -2.44. The molecular weight excluding hydrogens is 214 g/mol. The Kier molecular flexibility index (Phi) is 5.90. The van der Waals surface area contributed by atoms with Gasteiger partial charge in [-0.1, -0.05) is 6.92 Å². The maximum Gasteiger partial charge on any atom is 0.105 e. The fourth-order valence-electron chi connectivity index (χ4n) is 2.16. The zero-order valence-electron chi connectivity index (χ0n) is 11.3. The van der Waals surface area contributed by atoms with Crippen LogP contribution in [0, 0.1) is 11.3 Å². The number of nitrogens with zero attached hydrogens (tertiary/aromatic N) is 2. The van der Waals surface area contributed by atoms with E-state index in [0.717, 1.165) is 45.4 Å². The summed E-state index contributed by atoms with van der Waals surface area (Å²) in [5.41, 5.74) is -0.388. The monoisotopic (exact) mass is 239 g/mol. The van der Waals surface area contributed by atoms with E-state index < -0.39 is 0 Å². The number of methoxy groups -OCH3 is 1. The van der Waals surface area contributed by atoms with Crippen molar-refractivity contribution in [3.05, 3.63) is 0 Å². The van der Waals surface area contributed by atoms with Gasteiger partial charge < -0.3 is 9.64 Å². The summed E-state index contributed by atoms with van der Waals surface area (Å²) in [6.07, 6.45) is 3.43. The first kappa shape index (κ1) is 14.4. The van der Waals surface area contributed by atoms with Crippen molar-refractivity contribution < 1.29 is 4.74 Å². The lowest BCUT2D eigenvalue weighted by Gasteiger charge is -2.26. The van der Waals surface area contributed by atoms with Crippen LogP contribution in [0.5, 0.6) is 0 Å². The maximum absolute atomic E-state index is 9.23. The second-order valence-electron chi connectivity index (χ2n) is 5.07. The van der Waals surface area contributed by atoms with E-state index in [9.17, 15) is 5.26 Å². The molecule has 0 saturated carbocycles. The van der Waals surface area contributed by atoms with E-state index in [1.807, 2.05) is 6.92 Å². The van der Waals surface area contributed by atoms with Gasteiger partial charge >= 0.3 is 0 Å². The second kappa shape index (κ2) is 6.95. The van der Waals surface area contributed by atoms with Crippen LogP contribution in [0.15, 0.2) is 0 Å². The minimum Gasteiger partial charge on any atom is -0.380 e. The van der Waals surface area contributed by atoms with Gasteiger partial charge in [0, 0.05) is 26.7 Å². The molecule has 1 heterocycles. The third-order valence-corrected chi connectivity index (χ3v) is 3.50. The standard InChI is InChI=1S/C13H25N3O/c1-4-7-15-13(2,11-14)6-9-16-8-5-12(10-16)17-3/h12,15H,4-10H2,1-3H3. The Bertz CT molecular complexity index is 264. The van der Waals surface area contributed by atoms with Gasteiger partial charge in [-0.15, -0.1) is 0 Å². The summed E-state index contributed by atoms with van der Waals surface area (Å²) in [6.45, 7) is 8.09. The normalized spacial score (nSPS) is 24.5. The third-order valence-electron chi connectivity index (χ3n) is 3.50. The smallest absolute Gasteiger partial charge is 0.105 e. The molecule has 4 heteroatoms. The third kappa shape index (κ3) is 4.63. The zero-order chi connectivity index (χ0) is 12.7. The molecule has 1 aliphatic heterocycles. The van der Waals surface area contributed by atoms with Gasteiger partial charge in [0.25, 0.3) is 0 Å². The molecule has 0 aromatic rings. The molecule has 1 rings (SSSR count). The fraction of sp³-hybridized carbons (Fsp3) is 0.923. The van der Waals surface area contributed by atoms with Crippen LogP contribution in [0.2, 0.25) is 0 Å². The van der Waals surface area contributed by atoms with Crippen LogP contribution in [-0.2, 0) is 4.74 Å². The van der Waals surface area contributed by atoms with Crippen molar-refractivity contribution in [2.24, 2.45) is 0 Å². The number of ether oxygens (including phenoxy) is 1. The summed E-state index contributed by atoms with van der Waals surface area (Å²) >= 11 is 0. The van der Waals surface area contributed by atoms with Gasteiger partial charge in [0.1, 0.15) is 5.54 Å². The first-order valence-corrected chi connectivity index (χ1v) is 6.55. The first-order valence-electron chi connectivity index (χ1n) is 6.55. The summed E-state index contributed by atoms with van der Waals surface area (Å²) in [5, 5.41) is 12.6. The van der Waals surface area contributed by atoms with Gasteiger partial charge in [-0.3, -0.25) is 5.32 Å².